The molecule has 0 spiro atoms. The third-order valence-corrected chi connectivity index (χ3v) is 3.01. The molecule has 4 N–H and O–H groups in total. The number of aromatic amines is 1. The van der Waals surface area contributed by atoms with E-state index in [1.807, 2.05) is 12.1 Å². The number of nitrogens with two attached hydrogens (primary N) is 1. The predicted octanol–water partition coefficient (Wildman–Crippen LogP) is 0.897. The van der Waals surface area contributed by atoms with Crippen molar-refractivity contribution in [3.8, 4) is 5.75 Å². The minimum atomic E-state index is -0.115. The van der Waals surface area contributed by atoms with E-state index in [-0.39, 0.29) is 6.04 Å². The third-order valence-electron chi connectivity index (χ3n) is 3.01. The number of aromatic nitrogens is 2. The molecule has 0 amide bonds. The molecule has 0 fully saturated rings. The van der Waals surface area contributed by atoms with Crippen molar-refractivity contribution in [3.05, 3.63) is 47.5 Å². The molecule has 2 aromatic rings. The van der Waals surface area contributed by atoms with Crippen LogP contribution in [0, 0.1) is 0 Å². The minimum absolute atomic E-state index is 0.115. The Hall–Kier alpha value is -1.85. The predicted molar refractivity (Wildman–Crippen MR) is 63.4 cm³/mol. The average Bonchev–Trinajstić information content (AvgIpc) is 2.99. The van der Waals surface area contributed by atoms with Crippen molar-refractivity contribution in [1.82, 2.24) is 15.4 Å². The minimum Gasteiger partial charge on any atom is -0.493 e. The van der Waals surface area contributed by atoms with E-state index < -0.39 is 0 Å². The van der Waals surface area contributed by atoms with Crippen molar-refractivity contribution in [2.45, 2.75) is 12.5 Å². The molecule has 0 bridgehead atoms. The van der Waals surface area contributed by atoms with E-state index in [1.54, 1.807) is 12.4 Å². The van der Waals surface area contributed by atoms with Crippen LogP contribution < -0.4 is 16.0 Å². The van der Waals surface area contributed by atoms with E-state index >= 15 is 0 Å². The first-order valence-corrected chi connectivity index (χ1v) is 5.59. The molecule has 5 heteroatoms. The summed E-state index contributed by atoms with van der Waals surface area (Å²) < 4.78 is 5.48. The van der Waals surface area contributed by atoms with Crippen LogP contribution in [0.3, 0.4) is 0 Å². The number of nitrogens with zero attached hydrogens (tertiary/aromatic N) is 1. The van der Waals surface area contributed by atoms with Gasteiger partial charge >= 0.3 is 0 Å². The van der Waals surface area contributed by atoms with Crippen molar-refractivity contribution in [2.24, 2.45) is 5.84 Å². The molecule has 1 aromatic heterocycles. The molecule has 17 heavy (non-hydrogen) atoms. The summed E-state index contributed by atoms with van der Waals surface area (Å²) in [5.41, 5.74) is 5.10. The zero-order valence-electron chi connectivity index (χ0n) is 9.31. The number of H-pyrrole nitrogens is 1. The van der Waals surface area contributed by atoms with Crippen molar-refractivity contribution in [2.75, 3.05) is 6.61 Å². The normalized spacial score (nSPS) is 15.4. The van der Waals surface area contributed by atoms with Crippen molar-refractivity contribution >= 4 is 0 Å². The molecule has 2 heterocycles. The highest BCUT2D eigenvalue weighted by Crippen LogP contribution is 2.29. The largest absolute Gasteiger partial charge is 0.493 e. The van der Waals surface area contributed by atoms with E-state index in [2.05, 4.69) is 21.5 Å². The van der Waals surface area contributed by atoms with Crippen LogP contribution in [0.1, 0.15) is 23.0 Å². The molecule has 0 saturated carbocycles. The number of fused-ring (bicyclic) bond motifs is 1. The molecule has 0 saturated heterocycles. The van der Waals surface area contributed by atoms with Crippen LogP contribution >= 0.6 is 0 Å². The molecule has 3 rings (SSSR count). The van der Waals surface area contributed by atoms with Crippen LogP contribution in [0.5, 0.6) is 5.75 Å². The smallest absolute Gasteiger partial charge is 0.129 e. The Morgan fingerprint density at radius 3 is 3.18 bits per heavy atom. The van der Waals surface area contributed by atoms with Gasteiger partial charge in [0.15, 0.2) is 0 Å². The molecule has 0 aliphatic carbocycles. The van der Waals surface area contributed by atoms with E-state index in [0.29, 0.717) is 0 Å². The van der Waals surface area contributed by atoms with E-state index in [9.17, 15) is 0 Å². The Balaban J connectivity index is 1.97. The van der Waals surface area contributed by atoms with Crippen molar-refractivity contribution < 1.29 is 4.74 Å². The number of nitrogens with one attached hydrogen (secondary N) is 2. The van der Waals surface area contributed by atoms with Gasteiger partial charge in [0.2, 0.25) is 0 Å². The molecular weight excluding hydrogens is 216 g/mol. The van der Waals surface area contributed by atoms with Gasteiger partial charge in [0.1, 0.15) is 17.6 Å². The van der Waals surface area contributed by atoms with Crippen molar-refractivity contribution in [1.29, 1.82) is 0 Å². The highest BCUT2D eigenvalue weighted by molar-refractivity contribution is 5.41. The van der Waals surface area contributed by atoms with Crippen LogP contribution in [-0.2, 0) is 6.42 Å². The Morgan fingerprint density at radius 2 is 2.41 bits per heavy atom. The van der Waals surface area contributed by atoms with Crippen molar-refractivity contribution in [3.63, 3.8) is 0 Å². The molecular formula is C12H14N4O. The highest BCUT2D eigenvalue weighted by Gasteiger charge is 2.18. The number of ether oxygens (including phenoxy) is 1. The maximum atomic E-state index is 5.60. The lowest BCUT2D eigenvalue weighted by molar-refractivity contribution is 0.356. The van der Waals surface area contributed by atoms with Crippen LogP contribution in [0.2, 0.25) is 0 Å². The summed E-state index contributed by atoms with van der Waals surface area (Å²) in [6.45, 7) is 0.764. The molecule has 1 aromatic carbocycles. The third kappa shape index (κ3) is 1.79. The summed E-state index contributed by atoms with van der Waals surface area (Å²) in [5, 5.41) is 0. The first kappa shape index (κ1) is 10.3. The fraction of sp³-hybridized carbons (Fsp3) is 0.250. The fourth-order valence-electron chi connectivity index (χ4n) is 2.15. The molecule has 1 atom stereocenters. The van der Waals surface area contributed by atoms with E-state index in [4.69, 9.17) is 10.6 Å². The molecule has 1 unspecified atom stereocenters. The number of hydrogen-bond acceptors (Lipinski definition) is 4. The SMILES string of the molecule is NNC(c1ccc2c(c1)CCO2)c1ncc[nH]1. The van der Waals surface area contributed by atoms with Crippen LogP contribution in [0.4, 0.5) is 0 Å². The topological polar surface area (TPSA) is 76.0 Å². The maximum Gasteiger partial charge on any atom is 0.129 e. The Kier molecular flexibility index (Phi) is 2.55. The number of benzene rings is 1. The van der Waals surface area contributed by atoms with Gasteiger partial charge in [0.25, 0.3) is 0 Å². The summed E-state index contributed by atoms with van der Waals surface area (Å²) in [6.07, 6.45) is 4.46. The van der Waals surface area contributed by atoms with E-state index in [1.165, 1.54) is 5.56 Å². The number of hydrogen-bond donors (Lipinski definition) is 3. The van der Waals surface area contributed by atoms with Crippen LogP contribution in [0.15, 0.2) is 30.6 Å². The summed E-state index contributed by atoms with van der Waals surface area (Å²) in [4.78, 5) is 7.30. The summed E-state index contributed by atoms with van der Waals surface area (Å²) in [5.74, 6) is 7.39. The van der Waals surface area contributed by atoms with Gasteiger partial charge < -0.3 is 9.72 Å². The van der Waals surface area contributed by atoms with Gasteiger partial charge in [0, 0.05) is 18.8 Å². The number of rotatable bonds is 3. The molecule has 1 aliphatic heterocycles. The van der Waals surface area contributed by atoms with Gasteiger partial charge in [-0.2, -0.15) is 0 Å². The van der Waals surface area contributed by atoms with Gasteiger partial charge in [0.05, 0.1) is 6.61 Å². The molecule has 88 valence electrons. The lowest BCUT2D eigenvalue weighted by Crippen LogP contribution is -2.29. The first-order valence-electron chi connectivity index (χ1n) is 5.59. The quantitative estimate of drug-likeness (QED) is 0.541. The Labute approximate surface area is 99.0 Å². The van der Waals surface area contributed by atoms with Gasteiger partial charge in [-0.3, -0.25) is 5.84 Å². The van der Waals surface area contributed by atoms with Gasteiger partial charge in [-0.05, 0) is 23.3 Å². The standard InChI is InChI=1S/C12H14N4O/c13-16-11(12-14-4-5-15-12)9-1-2-10-8(7-9)3-6-17-10/h1-2,4-5,7,11,16H,3,6,13H2,(H,14,15). The lowest BCUT2D eigenvalue weighted by Gasteiger charge is -2.14. The number of hydrazine groups is 1. The second kappa shape index (κ2) is 4.20. The first-order chi connectivity index (χ1) is 8.38. The van der Waals surface area contributed by atoms with Gasteiger partial charge in [-0.25, -0.2) is 10.4 Å². The summed E-state index contributed by atoms with van der Waals surface area (Å²) >= 11 is 0. The fourth-order valence-corrected chi connectivity index (χ4v) is 2.15. The maximum absolute atomic E-state index is 5.60. The van der Waals surface area contributed by atoms with Crippen LogP contribution in [-0.4, -0.2) is 16.6 Å². The van der Waals surface area contributed by atoms with Gasteiger partial charge in [-0.1, -0.05) is 6.07 Å². The van der Waals surface area contributed by atoms with Gasteiger partial charge in [-0.15, -0.1) is 0 Å². The zero-order chi connectivity index (χ0) is 11.7. The zero-order valence-corrected chi connectivity index (χ0v) is 9.31. The number of imidazole rings is 1. The second-order valence-electron chi connectivity index (χ2n) is 4.04. The average molecular weight is 230 g/mol. The molecule has 5 nitrogen and oxygen atoms in total. The lowest BCUT2D eigenvalue weighted by atomic mass is 10.0. The second-order valence-corrected chi connectivity index (χ2v) is 4.04. The monoisotopic (exact) mass is 230 g/mol. The summed E-state index contributed by atoms with van der Waals surface area (Å²) in [7, 11) is 0. The van der Waals surface area contributed by atoms with Crippen LogP contribution in [0.25, 0.3) is 0 Å². The Morgan fingerprint density at radius 1 is 1.47 bits per heavy atom. The molecule has 0 radical (unpaired) electrons. The molecule has 1 aliphatic rings. The highest BCUT2D eigenvalue weighted by atomic mass is 16.5. The summed E-state index contributed by atoms with van der Waals surface area (Å²) in [6, 6.07) is 6.01. The van der Waals surface area contributed by atoms with E-state index in [0.717, 1.165) is 30.2 Å². The Bertz CT molecular complexity index is 509.